The molecule has 1 rings (SSSR count). The Morgan fingerprint density at radius 1 is 1.64 bits per heavy atom. The number of rotatable bonds is 2. The lowest BCUT2D eigenvalue weighted by Gasteiger charge is -2.24. The molecular formula is C7H13F2NO. The highest BCUT2D eigenvalue weighted by Gasteiger charge is 2.39. The summed E-state index contributed by atoms with van der Waals surface area (Å²) in [6, 6.07) is 0. The molecule has 11 heavy (non-hydrogen) atoms. The molecule has 1 heterocycles. The molecule has 1 saturated heterocycles. The summed E-state index contributed by atoms with van der Waals surface area (Å²) in [5.74, 6) is -2.76. The maximum absolute atomic E-state index is 12.4. The lowest BCUT2D eigenvalue weighted by Crippen LogP contribution is -2.37. The number of aliphatic hydroxyl groups is 1. The Kier molecular flexibility index (Phi) is 2.16. The van der Waals surface area contributed by atoms with E-state index in [0.29, 0.717) is 13.0 Å². The molecule has 1 fully saturated rings. The fraction of sp³-hybridized carbons (Fsp3) is 1.00. The van der Waals surface area contributed by atoms with E-state index in [1.54, 1.807) is 0 Å². The second-order valence-corrected chi connectivity index (χ2v) is 3.40. The minimum Gasteiger partial charge on any atom is -0.388 e. The predicted molar refractivity (Wildman–Crippen MR) is 37.7 cm³/mol. The molecule has 1 atom stereocenters. The van der Waals surface area contributed by atoms with Crippen LogP contribution in [-0.4, -0.2) is 29.7 Å². The monoisotopic (exact) mass is 165 g/mol. The average molecular weight is 165 g/mol. The molecule has 1 aliphatic heterocycles. The van der Waals surface area contributed by atoms with Crippen molar-refractivity contribution in [2.75, 3.05) is 13.1 Å². The Hall–Kier alpha value is -0.220. The normalized spacial score (nSPS) is 32.7. The minimum absolute atomic E-state index is 0.288. The minimum atomic E-state index is -2.76. The van der Waals surface area contributed by atoms with Crippen LogP contribution in [-0.2, 0) is 0 Å². The molecular weight excluding hydrogens is 152 g/mol. The van der Waals surface area contributed by atoms with Crippen molar-refractivity contribution < 1.29 is 13.9 Å². The van der Waals surface area contributed by atoms with Gasteiger partial charge in [0.05, 0.1) is 5.60 Å². The van der Waals surface area contributed by atoms with Gasteiger partial charge in [0.25, 0.3) is 0 Å². The number of alkyl halides is 2. The number of hydrogen-bond donors (Lipinski definition) is 2. The van der Waals surface area contributed by atoms with Crippen molar-refractivity contribution >= 4 is 0 Å². The van der Waals surface area contributed by atoms with Gasteiger partial charge in [-0.15, -0.1) is 0 Å². The molecule has 2 nitrogen and oxygen atoms in total. The van der Waals surface area contributed by atoms with Crippen LogP contribution in [0.4, 0.5) is 8.78 Å². The Labute approximate surface area is 64.6 Å². The topological polar surface area (TPSA) is 32.3 Å². The lowest BCUT2D eigenvalue weighted by atomic mass is 9.95. The Morgan fingerprint density at radius 3 is 2.64 bits per heavy atom. The van der Waals surface area contributed by atoms with Crippen LogP contribution in [0.1, 0.15) is 19.8 Å². The molecule has 4 heteroatoms. The molecule has 0 radical (unpaired) electrons. The number of β-amino-alcohol motifs (C(OH)–C–C–N with tert-alkyl or cyclic N) is 1. The summed E-state index contributed by atoms with van der Waals surface area (Å²) in [5, 5.41) is 12.3. The summed E-state index contributed by atoms with van der Waals surface area (Å²) in [7, 11) is 0. The van der Waals surface area contributed by atoms with Gasteiger partial charge in [-0.1, -0.05) is 0 Å². The fourth-order valence-corrected chi connectivity index (χ4v) is 1.46. The Bertz CT molecular complexity index is 138. The van der Waals surface area contributed by atoms with E-state index in [-0.39, 0.29) is 6.54 Å². The van der Waals surface area contributed by atoms with E-state index in [1.165, 1.54) is 0 Å². The molecule has 0 spiro atoms. The molecule has 2 N–H and O–H groups in total. The third-order valence-corrected chi connectivity index (χ3v) is 1.86. The highest BCUT2D eigenvalue weighted by Crippen LogP contribution is 2.29. The van der Waals surface area contributed by atoms with Crippen LogP contribution >= 0.6 is 0 Å². The quantitative estimate of drug-likeness (QED) is 0.633. The summed E-state index contributed by atoms with van der Waals surface area (Å²) in [5.41, 5.74) is -1.18. The predicted octanol–water partition coefficient (Wildman–Crippen LogP) is 0.756. The average Bonchev–Trinajstić information content (AvgIpc) is 2.09. The van der Waals surface area contributed by atoms with Gasteiger partial charge in [-0.3, -0.25) is 0 Å². The van der Waals surface area contributed by atoms with Gasteiger partial charge in [0.2, 0.25) is 5.92 Å². The maximum Gasteiger partial charge on any atom is 0.248 e. The van der Waals surface area contributed by atoms with E-state index in [9.17, 15) is 13.9 Å². The summed E-state index contributed by atoms with van der Waals surface area (Å²) >= 11 is 0. The van der Waals surface area contributed by atoms with E-state index in [1.807, 2.05) is 0 Å². The molecule has 1 unspecified atom stereocenters. The van der Waals surface area contributed by atoms with Crippen molar-refractivity contribution in [1.82, 2.24) is 5.32 Å². The summed E-state index contributed by atoms with van der Waals surface area (Å²) in [4.78, 5) is 0. The van der Waals surface area contributed by atoms with Crippen molar-refractivity contribution in [3.05, 3.63) is 0 Å². The van der Waals surface area contributed by atoms with Crippen LogP contribution < -0.4 is 5.32 Å². The lowest BCUT2D eigenvalue weighted by molar-refractivity contribution is -0.0680. The molecule has 0 saturated carbocycles. The zero-order valence-corrected chi connectivity index (χ0v) is 6.53. The second-order valence-electron chi connectivity index (χ2n) is 3.40. The number of hydrogen-bond acceptors (Lipinski definition) is 2. The highest BCUT2D eigenvalue weighted by molar-refractivity contribution is 4.90. The molecule has 0 amide bonds. The van der Waals surface area contributed by atoms with Gasteiger partial charge in [0, 0.05) is 13.0 Å². The summed E-state index contributed by atoms with van der Waals surface area (Å²) in [6.45, 7) is 1.76. The van der Waals surface area contributed by atoms with Gasteiger partial charge in [-0.05, 0) is 19.9 Å². The van der Waals surface area contributed by atoms with E-state index in [0.717, 1.165) is 6.92 Å². The number of nitrogens with one attached hydrogen (secondary N) is 1. The van der Waals surface area contributed by atoms with Crippen molar-refractivity contribution in [2.24, 2.45) is 0 Å². The van der Waals surface area contributed by atoms with E-state index in [2.05, 4.69) is 5.32 Å². The summed E-state index contributed by atoms with van der Waals surface area (Å²) < 4.78 is 24.9. The SMILES string of the molecule is CC(F)(F)CC1(O)CCNC1. The first-order valence-corrected chi connectivity index (χ1v) is 3.72. The first-order valence-electron chi connectivity index (χ1n) is 3.72. The molecule has 0 aliphatic carbocycles. The molecule has 0 aromatic heterocycles. The molecule has 1 aliphatic rings. The fourth-order valence-electron chi connectivity index (χ4n) is 1.46. The van der Waals surface area contributed by atoms with Gasteiger partial charge in [-0.2, -0.15) is 0 Å². The third kappa shape index (κ3) is 2.71. The van der Waals surface area contributed by atoms with Crippen LogP contribution in [0, 0.1) is 0 Å². The van der Waals surface area contributed by atoms with Crippen LogP contribution in [0.2, 0.25) is 0 Å². The molecule has 0 aromatic carbocycles. The van der Waals surface area contributed by atoms with E-state index in [4.69, 9.17) is 0 Å². The van der Waals surface area contributed by atoms with Gasteiger partial charge in [0.15, 0.2) is 0 Å². The first-order chi connectivity index (χ1) is 4.91. The molecule has 66 valence electrons. The van der Waals surface area contributed by atoms with E-state index >= 15 is 0 Å². The van der Waals surface area contributed by atoms with Crippen LogP contribution in [0.15, 0.2) is 0 Å². The van der Waals surface area contributed by atoms with E-state index < -0.39 is 17.9 Å². The van der Waals surface area contributed by atoms with Crippen LogP contribution in [0.3, 0.4) is 0 Å². The van der Waals surface area contributed by atoms with Crippen molar-refractivity contribution in [1.29, 1.82) is 0 Å². The van der Waals surface area contributed by atoms with Gasteiger partial charge in [0.1, 0.15) is 0 Å². The van der Waals surface area contributed by atoms with Crippen LogP contribution in [0.5, 0.6) is 0 Å². The van der Waals surface area contributed by atoms with Gasteiger partial charge < -0.3 is 10.4 Å². The Balaban J connectivity index is 2.46. The molecule has 0 aromatic rings. The zero-order chi connectivity index (χ0) is 8.54. The van der Waals surface area contributed by atoms with Crippen LogP contribution in [0.25, 0.3) is 0 Å². The molecule has 0 bridgehead atoms. The zero-order valence-electron chi connectivity index (χ0n) is 6.53. The highest BCUT2D eigenvalue weighted by atomic mass is 19.3. The smallest absolute Gasteiger partial charge is 0.248 e. The largest absolute Gasteiger partial charge is 0.388 e. The number of halogens is 2. The van der Waals surface area contributed by atoms with Crippen molar-refractivity contribution in [3.63, 3.8) is 0 Å². The Morgan fingerprint density at radius 2 is 2.27 bits per heavy atom. The van der Waals surface area contributed by atoms with Crippen molar-refractivity contribution in [2.45, 2.75) is 31.3 Å². The van der Waals surface area contributed by atoms with Gasteiger partial charge in [-0.25, -0.2) is 8.78 Å². The maximum atomic E-state index is 12.4. The summed E-state index contributed by atoms with van der Waals surface area (Å²) in [6.07, 6.45) is -0.0105. The second kappa shape index (κ2) is 2.68. The van der Waals surface area contributed by atoms with Crippen molar-refractivity contribution in [3.8, 4) is 0 Å². The standard InChI is InChI=1S/C7H13F2NO/c1-6(8,9)4-7(11)2-3-10-5-7/h10-11H,2-5H2,1H3. The van der Waals surface area contributed by atoms with Gasteiger partial charge >= 0.3 is 0 Å². The third-order valence-electron chi connectivity index (χ3n) is 1.86. The first kappa shape index (κ1) is 8.87.